The smallest absolute Gasteiger partial charge is 0.269 e. The molecule has 1 heterocycles. The molecule has 0 aliphatic rings. The molecule has 0 radical (unpaired) electrons. The maximum atomic E-state index is 13.0. The quantitative estimate of drug-likeness (QED) is 0.243. The maximum Gasteiger partial charge on any atom is 0.269 e. The Morgan fingerprint density at radius 3 is 2.43 bits per heavy atom. The number of carbonyl (C=O) groups excluding carboxylic acids is 2. The lowest BCUT2D eigenvalue weighted by molar-refractivity contribution is -0.384. The maximum absolute atomic E-state index is 13.0. The lowest BCUT2D eigenvalue weighted by Gasteiger charge is -2.22. The number of hydrogen-bond donors (Lipinski definition) is 2. The molecule has 2 aromatic carbocycles. The van der Waals surface area contributed by atoms with Crippen molar-refractivity contribution in [2.45, 2.75) is 26.3 Å². The third-order valence-corrected chi connectivity index (χ3v) is 6.20. The van der Waals surface area contributed by atoms with Gasteiger partial charge >= 0.3 is 0 Å². The van der Waals surface area contributed by atoms with Crippen LogP contribution in [0.5, 0.6) is 5.75 Å². The van der Waals surface area contributed by atoms with Gasteiger partial charge in [0, 0.05) is 23.8 Å². The highest BCUT2D eigenvalue weighted by molar-refractivity contribution is 7.18. The van der Waals surface area contributed by atoms with E-state index in [1.165, 1.54) is 47.8 Å². The van der Waals surface area contributed by atoms with Crippen LogP contribution in [-0.2, 0) is 9.59 Å². The Balaban J connectivity index is 1.65. The number of benzene rings is 2. The van der Waals surface area contributed by atoms with E-state index in [1.807, 2.05) is 38.1 Å². The first-order valence-corrected chi connectivity index (χ1v) is 11.6. The standard InChI is InChI=1S/C24H25N5O5S/c1-4-15(2)21(25-20(30)14-7-16-5-10-18(11-6-16)29(32)33)22(31)26-24-28-27-23(35-24)17-8-12-19(34-3)13-9-17/h5-15,21H,4H2,1-3H3,(H,25,30)(H,26,28,31). The van der Waals surface area contributed by atoms with E-state index in [2.05, 4.69) is 20.8 Å². The highest BCUT2D eigenvalue weighted by atomic mass is 32.1. The largest absolute Gasteiger partial charge is 0.497 e. The fraction of sp³-hybridized carbons (Fsp3) is 0.250. The number of non-ortho nitro benzene ring substituents is 1. The zero-order valence-electron chi connectivity index (χ0n) is 19.4. The molecule has 0 fully saturated rings. The molecule has 0 spiro atoms. The second-order valence-corrected chi connectivity index (χ2v) is 8.66. The van der Waals surface area contributed by atoms with Crippen LogP contribution in [0.25, 0.3) is 16.6 Å². The molecule has 1 aromatic heterocycles. The van der Waals surface area contributed by atoms with E-state index in [4.69, 9.17) is 4.74 Å². The number of rotatable bonds is 10. The number of ether oxygens (including phenoxy) is 1. The number of anilines is 1. The summed E-state index contributed by atoms with van der Waals surface area (Å²) in [6.07, 6.45) is 3.48. The molecule has 11 heteroatoms. The fourth-order valence-corrected chi connectivity index (χ4v) is 3.84. The van der Waals surface area contributed by atoms with Crippen LogP contribution < -0.4 is 15.4 Å². The highest BCUT2D eigenvalue weighted by Crippen LogP contribution is 2.28. The summed E-state index contributed by atoms with van der Waals surface area (Å²) in [6, 6.07) is 12.3. The third-order valence-electron chi connectivity index (χ3n) is 5.32. The molecule has 0 saturated carbocycles. The molecule has 35 heavy (non-hydrogen) atoms. The van der Waals surface area contributed by atoms with Crippen LogP contribution in [0.15, 0.2) is 54.6 Å². The first kappa shape index (κ1) is 25.5. The van der Waals surface area contributed by atoms with E-state index in [0.29, 0.717) is 22.1 Å². The van der Waals surface area contributed by atoms with Gasteiger partial charge in [-0.1, -0.05) is 31.6 Å². The molecular formula is C24H25N5O5S. The van der Waals surface area contributed by atoms with Crippen LogP contribution in [0.2, 0.25) is 0 Å². The van der Waals surface area contributed by atoms with E-state index in [9.17, 15) is 19.7 Å². The Bertz CT molecular complexity index is 1210. The van der Waals surface area contributed by atoms with Crippen LogP contribution in [0.1, 0.15) is 25.8 Å². The summed E-state index contributed by atoms with van der Waals surface area (Å²) in [6.45, 7) is 3.80. The van der Waals surface area contributed by atoms with Gasteiger partial charge in [-0.2, -0.15) is 0 Å². The molecule has 10 nitrogen and oxygen atoms in total. The average molecular weight is 496 g/mol. The van der Waals surface area contributed by atoms with Crippen molar-refractivity contribution in [3.63, 3.8) is 0 Å². The molecule has 2 N–H and O–H groups in total. The van der Waals surface area contributed by atoms with Crippen LogP contribution in [-0.4, -0.2) is 40.1 Å². The van der Waals surface area contributed by atoms with E-state index in [-0.39, 0.29) is 11.6 Å². The molecular weight excluding hydrogens is 470 g/mol. The van der Waals surface area contributed by atoms with E-state index in [0.717, 1.165) is 11.3 Å². The van der Waals surface area contributed by atoms with Crippen molar-refractivity contribution in [3.8, 4) is 16.3 Å². The summed E-state index contributed by atoms with van der Waals surface area (Å²) in [5.74, 6) is -0.267. The minimum Gasteiger partial charge on any atom is -0.497 e. The summed E-state index contributed by atoms with van der Waals surface area (Å²) in [5, 5.41) is 25.4. The zero-order valence-corrected chi connectivity index (χ0v) is 20.2. The van der Waals surface area contributed by atoms with Gasteiger partial charge in [0.2, 0.25) is 16.9 Å². The predicted octanol–water partition coefficient (Wildman–Crippen LogP) is 4.30. The number of amides is 2. The van der Waals surface area contributed by atoms with Gasteiger partial charge in [0.05, 0.1) is 12.0 Å². The van der Waals surface area contributed by atoms with Gasteiger partial charge in [-0.25, -0.2) is 0 Å². The van der Waals surface area contributed by atoms with Crippen molar-refractivity contribution in [2.75, 3.05) is 12.4 Å². The van der Waals surface area contributed by atoms with Crippen molar-refractivity contribution < 1.29 is 19.2 Å². The molecule has 0 saturated heterocycles. The Morgan fingerprint density at radius 1 is 1.14 bits per heavy atom. The molecule has 0 bridgehead atoms. The van der Waals surface area contributed by atoms with Crippen LogP contribution in [0.3, 0.4) is 0 Å². The molecule has 3 rings (SSSR count). The van der Waals surface area contributed by atoms with E-state index >= 15 is 0 Å². The van der Waals surface area contributed by atoms with Gasteiger partial charge in [-0.15, -0.1) is 10.2 Å². The summed E-state index contributed by atoms with van der Waals surface area (Å²) < 4.78 is 5.16. The molecule has 0 aliphatic heterocycles. The van der Waals surface area contributed by atoms with Gasteiger partial charge in [0.25, 0.3) is 5.69 Å². The Labute approximate surface area is 206 Å². The first-order valence-electron chi connectivity index (χ1n) is 10.8. The molecule has 3 aromatic rings. The van der Waals surface area contributed by atoms with E-state index < -0.39 is 22.8 Å². The van der Waals surface area contributed by atoms with Crippen molar-refractivity contribution in [1.29, 1.82) is 0 Å². The number of nitro benzene ring substituents is 1. The number of carbonyl (C=O) groups is 2. The Kier molecular flexibility index (Phi) is 8.63. The second-order valence-electron chi connectivity index (χ2n) is 7.68. The molecule has 2 amide bonds. The molecule has 2 atom stereocenters. The number of nitro groups is 1. The number of nitrogens with one attached hydrogen (secondary N) is 2. The molecule has 0 aliphatic carbocycles. The predicted molar refractivity (Wildman–Crippen MR) is 134 cm³/mol. The summed E-state index contributed by atoms with van der Waals surface area (Å²) in [5.41, 5.74) is 1.43. The van der Waals surface area contributed by atoms with Gasteiger partial charge < -0.3 is 10.1 Å². The Morgan fingerprint density at radius 2 is 1.83 bits per heavy atom. The van der Waals surface area contributed by atoms with Gasteiger partial charge in [-0.05, 0) is 54.0 Å². The van der Waals surface area contributed by atoms with Crippen molar-refractivity contribution in [2.24, 2.45) is 5.92 Å². The number of nitrogens with zero attached hydrogens (tertiary/aromatic N) is 3. The number of hydrogen-bond acceptors (Lipinski definition) is 8. The second kappa shape index (κ2) is 11.8. The number of methoxy groups -OCH3 is 1. The minimum atomic E-state index is -0.789. The first-order chi connectivity index (χ1) is 16.8. The highest BCUT2D eigenvalue weighted by Gasteiger charge is 2.26. The SMILES string of the molecule is CCC(C)C(NC(=O)C=Cc1ccc([N+](=O)[O-])cc1)C(=O)Nc1nnc(-c2ccc(OC)cc2)s1. The van der Waals surface area contributed by atoms with Crippen molar-refractivity contribution in [1.82, 2.24) is 15.5 Å². The summed E-state index contributed by atoms with van der Waals surface area (Å²) >= 11 is 1.22. The average Bonchev–Trinajstić information content (AvgIpc) is 3.34. The Hall–Kier alpha value is -4.12. The summed E-state index contributed by atoms with van der Waals surface area (Å²) in [4.78, 5) is 35.7. The normalized spacial score (nSPS) is 12.7. The number of aromatic nitrogens is 2. The monoisotopic (exact) mass is 495 g/mol. The van der Waals surface area contributed by atoms with Crippen LogP contribution in [0, 0.1) is 16.0 Å². The van der Waals surface area contributed by atoms with E-state index in [1.54, 1.807) is 7.11 Å². The van der Waals surface area contributed by atoms with Gasteiger partial charge in [-0.3, -0.25) is 25.0 Å². The van der Waals surface area contributed by atoms with Gasteiger partial charge in [0.1, 0.15) is 16.8 Å². The van der Waals surface area contributed by atoms with Crippen LogP contribution in [0.4, 0.5) is 10.8 Å². The topological polar surface area (TPSA) is 136 Å². The molecule has 182 valence electrons. The lowest BCUT2D eigenvalue weighted by atomic mass is 9.98. The lowest BCUT2D eigenvalue weighted by Crippen LogP contribution is -2.47. The van der Waals surface area contributed by atoms with Gasteiger partial charge in [0.15, 0.2) is 0 Å². The fourth-order valence-electron chi connectivity index (χ4n) is 3.09. The zero-order chi connectivity index (χ0) is 25.4. The van der Waals surface area contributed by atoms with Crippen molar-refractivity contribution >= 4 is 40.0 Å². The third kappa shape index (κ3) is 6.93. The van der Waals surface area contributed by atoms with Crippen molar-refractivity contribution in [3.05, 3.63) is 70.3 Å². The van der Waals surface area contributed by atoms with Crippen LogP contribution >= 0.6 is 11.3 Å². The molecule has 2 unspecified atom stereocenters. The minimum absolute atomic E-state index is 0.0352. The summed E-state index contributed by atoms with van der Waals surface area (Å²) in [7, 11) is 1.59.